The summed E-state index contributed by atoms with van der Waals surface area (Å²) in [5.41, 5.74) is 1.40. The van der Waals surface area contributed by atoms with Crippen LogP contribution in [0.25, 0.3) is 0 Å². The van der Waals surface area contributed by atoms with Gasteiger partial charge in [0.2, 0.25) is 0 Å². The molecule has 1 aromatic carbocycles. The van der Waals surface area contributed by atoms with Gasteiger partial charge < -0.3 is 15.3 Å². The van der Waals surface area contributed by atoms with Gasteiger partial charge in [-0.05, 0) is 37.5 Å². The Balaban J connectivity index is 1.76. The van der Waals surface area contributed by atoms with Crippen LogP contribution in [0.15, 0.2) is 48.7 Å². The van der Waals surface area contributed by atoms with Gasteiger partial charge in [-0.25, -0.2) is 4.98 Å². The van der Waals surface area contributed by atoms with Crippen LogP contribution in [0.5, 0.6) is 0 Å². The van der Waals surface area contributed by atoms with E-state index in [0.717, 1.165) is 31.5 Å². The first-order chi connectivity index (χ1) is 11.7. The number of hydrogen-bond donors (Lipinski definition) is 2. The normalized spacial score (nSPS) is 16.7. The number of anilines is 1. The van der Waals surface area contributed by atoms with Crippen LogP contribution in [-0.4, -0.2) is 40.0 Å². The first-order valence-electron chi connectivity index (χ1n) is 8.40. The lowest BCUT2D eigenvalue weighted by molar-refractivity contribution is 0.0793. The SMILES string of the molecule is C[C@H](Nc1ncccc1C(=O)N1CCCC1)[C@H](O)c1ccccc1. The van der Waals surface area contributed by atoms with Crippen LogP contribution in [0.2, 0.25) is 0 Å². The van der Waals surface area contributed by atoms with Gasteiger partial charge in [-0.1, -0.05) is 30.3 Å². The molecule has 0 radical (unpaired) electrons. The molecule has 1 aliphatic heterocycles. The molecule has 5 heteroatoms. The molecule has 126 valence electrons. The Morgan fingerprint density at radius 1 is 1.17 bits per heavy atom. The van der Waals surface area contributed by atoms with E-state index in [9.17, 15) is 9.90 Å². The van der Waals surface area contributed by atoms with Gasteiger partial charge >= 0.3 is 0 Å². The third-order valence-corrected chi connectivity index (χ3v) is 4.41. The average molecular weight is 325 g/mol. The number of pyridine rings is 1. The minimum Gasteiger partial charge on any atom is -0.386 e. The molecule has 2 heterocycles. The van der Waals surface area contributed by atoms with E-state index in [4.69, 9.17) is 0 Å². The second-order valence-electron chi connectivity index (χ2n) is 6.19. The summed E-state index contributed by atoms with van der Waals surface area (Å²) < 4.78 is 0. The van der Waals surface area contributed by atoms with Gasteiger partial charge in [0, 0.05) is 19.3 Å². The molecule has 0 bridgehead atoms. The van der Waals surface area contributed by atoms with Gasteiger partial charge in [0.1, 0.15) is 5.82 Å². The topological polar surface area (TPSA) is 65.5 Å². The number of aromatic nitrogens is 1. The highest BCUT2D eigenvalue weighted by molar-refractivity contribution is 5.98. The van der Waals surface area contributed by atoms with Crippen molar-refractivity contribution in [3.8, 4) is 0 Å². The van der Waals surface area contributed by atoms with E-state index in [1.54, 1.807) is 18.3 Å². The van der Waals surface area contributed by atoms with Crippen LogP contribution >= 0.6 is 0 Å². The lowest BCUT2D eigenvalue weighted by atomic mass is 10.0. The fraction of sp³-hybridized carbons (Fsp3) is 0.368. The summed E-state index contributed by atoms with van der Waals surface area (Å²) in [6.45, 7) is 3.49. The Kier molecular flexibility index (Phi) is 5.11. The first kappa shape index (κ1) is 16.5. The number of amides is 1. The fourth-order valence-corrected chi connectivity index (χ4v) is 3.02. The lowest BCUT2D eigenvalue weighted by Crippen LogP contribution is -2.30. The standard InChI is InChI=1S/C19H23N3O2/c1-14(17(23)15-8-3-2-4-9-15)21-18-16(10-7-11-20-18)19(24)22-12-5-6-13-22/h2-4,7-11,14,17,23H,5-6,12-13H2,1H3,(H,20,21)/t14-,17-/m0/s1. The molecule has 1 fully saturated rings. The van der Waals surface area contributed by atoms with Gasteiger partial charge in [0.15, 0.2) is 0 Å². The third kappa shape index (κ3) is 3.57. The molecule has 1 amide bonds. The van der Waals surface area contributed by atoms with E-state index in [2.05, 4.69) is 10.3 Å². The molecule has 1 aromatic heterocycles. The van der Waals surface area contributed by atoms with Crippen molar-refractivity contribution in [3.63, 3.8) is 0 Å². The average Bonchev–Trinajstić information content (AvgIpc) is 3.16. The van der Waals surface area contributed by atoms with Gasteiger partial charge in [-0.2, -0.15) is 0 Å². The summed E-state index contributed by atoms with van der Waals surface area (Å²) in [7, 11) is 0. The highest BCUT2D eigenvalue weighted by Gasteiger charge is 2.24. The molecule has 0 spiro atoms. The molecule has 1 saturated heterocycles. The van der Waals surface area contributed by atoms with Gasteiger partial charge in [-0.15, -0.1) is 0 Å². The first-order valence-corrected chi connectivity index (χ1v) is 8.40. The van der Waals surface area contributed by atoms with Gasteiger partial charge in [0.25, 0.3) is 5.91 Å². The zero-order chi connectivity index (χ0) is 16.9. The predicted octanol–water partition coefficient (Wildman–Crippen LogP) is 2.85. The molecule has 0 aliphatic carbocycles. The maximum absolute atomic E-state index is 12.7. The van der Waals surface area contributed by atoms with E-state index in [1.165, 1.54) is 0 Å². The molecule has 2 N–H and O–H groups in total. The number of aliphatic hydroxyl groups excluding tert-OH is 1. The molecular weight excluding hydrogens is 302 g/mol. The summed E-state index contributed by atoms with van der Waals surface area (Å²) in [6.07, 6.45) is 3.09. The summed E-state index contributed by atoms with van der Waals surface area (Å²) in [4.78, 5) is 18.9. The number of rotatable bonds is 5. The second-order valence-corrected chi connectivity index (χ2v) is 6.19. The minimum absolute atomic E-state index is 0.00417. The molecule has 24 heavy (non-hydrogen) atoms. The van der Waals surface area contributed by atoms with E-state index in [1.807, 2.05) is 42.2 Å². The van der Waals surface area contributed by atoms with Crippen molar-refractivity contribution in [1.29, 1.82) is 0 Å². The monoisotopic (exact) mass is 325 g/mol. The Morgan fingerprint density at radius 2 is 1.88 bits per heavy atom. The number of carbonyl (C=O) groups excluding carboxylic acids is 1. The van der Waals surface area contributed by atoms with Crippen LogP contribution in [0.1, 0.15) is 41.8 Å². The highest BCUT2D eigenvalue weighted by atomic mass is 16.3. The molecule has 2 aromatic rings. The van der Waals surface area contributed by atoms with E-state index in [-0.39, 0.29) is 11.9 Å². The van der Waals surface area contributed by atoms with Crippen molar-refractivity contribution in [2.45, 2.75) is 31.9 Å². The maximum Gasteiger partial charge on any atom is 0.257 e. The number of hydrogen-bond acceptors (Lipinski definition) is 4. The maximum atomic E-state index is 12.7. The number of likely N-dealkylation sites (tertiary alicyclic amines) is 1. The predicted molar refractivity (Wildman–Crippen MR) is 93.9 cm³/mol. The number of benzene rings is 1. The van der Waals surface area contributed by atoms with Crippen molar-refractivity contribution < 1.29 is 9.90 Å². The van der Waals surface area contributed by atoms with Crippen LogP contribution < -0.4 is 5.32 Å². The zero-order valence-electron chi connectivity index (χ0n) is 13.9. The Morgan fingerprint density at radius 3 is 2.58 bits per heavy atom. The van der Waals surface area contributed by atoms with Crippen molar-refractivity contribution >= 4 is 11.7 Å². The van der Waals surface area contributed by atoms with Crippen molar-refractivity contribution in [2.75, 3.05) is 18.4 Å². The number of nitrogens with zero attached hydrogens (tertiary/aromatic N) is 2. The molecule has 3 rings (SSSR count). The van der Waals surface area contributed by atoms with Crippen LogP contribution in [0.3, 0.4) is 0 Å². The minimum atomic E-state index is -0.678. The smallest absolute Gasteiger partial charge is 0.257 e. The summed E-state index contributed by atoms with van der Waals surface area (Å²) in [5.74, 6) is 0.529. The van der Waals surface area contributed by atoms with E-state index in [0.29, 0.717) is 11.4 Å². The van der Waals surface area contributed by atoms with Crippen molar-refractivity contribution in [2.24, 2.45) is 0 Å². The summed E-state index contributed by atoms with van der Waals surface area (Å²) in [5, 5.41) is 13.7. The molecule has 0 unspecified atom stereocenters. The zero-order valence-corrected chi connectivity index (χ0v) is 13.9. The third-order valence-electron chi connectivity index (χ3n) is 4.41. The quantitative estimate of drug-likeness (QED) is 0.887. The van der Waals surface area contributed by atoms with Crippen molar-refractivity contribution in [1.82, 2.24) is 9.88 Å². The summed E-state index contributed by atoms with van der Waals surface area (Å²) >= 11 is 0. The fourth-order valence-electron chi connectivity index (χ4n) is 3.02. The summed E-state index contributed by atoms with van der Waals surface area (Å²) in [6, 6.07) is 12.8. The molecular formula is C19H23N3O2. The Labute approximate surface area is 142 Å². The van der Waals surface area contributed by atoms with E-state index >= 15 is 0 Å². The molecule has 5 nitrogen and oxygen atoms in total. The lowest BCUT2D eigenvalue weighted by Gasteiger charge is -2.23. The Hall–Kier alpha value is -2.40. The van der Waals surface area contributed by atoms with Gasteiger partial charge in [-0.3, -0.25) is 4.79 Å². The molecule has 2 atom stereocenters. The van der Waals surface area contributed by atoms with E-state index < -0.39 is 6.10 Å². The van der Waals surface area contributed by atoms with Crippen LogP contribution in [-0.2, 0) is 0 Å². The Bertz CT molecular complexity index is 684. The number of aliphatic hydroxyl groups is 1. The highest BCUT2D eigenvalue weighted by Crippen LogP contribution is 2.23. The number of nitrogens with one attached hydrogen (secondary N) is 1. The van der Waals surface area contributed by atoms with Crippen LogP contribution in [0, 0.1) is 0 Å². The number of carbonyl (C=O) groups is 1. The van der Waals surface area contributed by atoms with Gasteiger partial charge in [0.05, 0.1) is 17.7 Å². The second kappa shape index (κ2) is 7.45. The molecule has 1 aliphatic rings. The van der Waals surface area contributed by atoms with Crippen molar-refractivity contribution in [3.05, 3.63) is 59.8 Å². The molecule has 0 saturated carbocycles. The van der Waals surface area contributed by atoms with Crippen LogP contribution in [0.4, 0.5) is 5.82 Å². The largest absolute Gasteiger partial charge is 0.386 e.